The SMILES string of the molecule is CC[C@H](CC(=O)O)c1cccc(OCc2ccc(-c3cc(OC)ncc3F)c([C@@H]3CCCC3(C)C)c2)c1F. The smallest absolute Gasteiger partial charge is 0.303 e. The van der Waals surface area contributed by atoms with Crippen LogP contribution in [0.15, 0.2) is 48.7 Å². The molecule has 1 aromatic heterocycles. The van der Waals surface area contributed by atoms with Gasteiger partial charge in [-0.05, 0) is 64.8 Å². The van der Waals surface area contributed by atoms with E-state index in [1.54, 1.807) is 24.3 Å². The fourth-order valence-electron chi connectivity index (χ4n) is 5.68. The van der Waals surface area contributed by atoms with Gasteiger partial charge in [0.25, 0.3) is 0 Å². The van der Waals surface area contributed by atoms with Crippen LogP contribution in [0.5, 0.6) is 11.6 Å². The number of ether oxygens (including phenoxy) is 2. The van der Waals surface area contributed by atoms with Crippen LogP contribution in [0.3, 0.4) is 0 Å². The molecule has 202 valence electrons. The Balaban J connectivity index is 1.67. The molecular weight excluding hydrogens is 488 g/mol. The Morgan fingerprint density at radius 1 is 1.18 bits per heavy atom. The lowest BCUT2D eigenvalue weighted by atomic mass is 9.75. The number of aromatic nitrogens is 1. The lowest BCUT2D eigenvalue weighted by Crippen LogP contribution is -2.17. The third-order valence-corrected chi connectivity index (χ3v) is 7.82. The van der Waals surface area contributed by atoms with Gasteiger partial charge in [0.05, 0.1) is 19.7 Å². The molecule has 0 radical (unpaired) electrons. The Labute approximate surface area is 222 Å². The Morgan fingerprint density at radius 2 is 1.97 bits per heavy atom. The molecule has 0 aliphatic heterocycles. The van der Waals surface area contributed by atoms with Crippen LogP contribution in [0.25, 0.3) is 11.1 Å². The Kier molecular flexibility index (Phi) is 8.34. The number of pyridine rings is 1. The third-order valence-electron chi connectivity index (χ3n) is 7.82. The second kappa shape index (κ2) is 11.5. The van der Waals surface area contributed by atoms with Crippen molar-refractivity contribution in [1.82, 2.24) is 4.98 Å². The van der Waals surface area contributed by atoms with Crippen LogP contribution in [0, 0.1) is 17.0 Å². The van der Waals surface area contributed by atoms with Crippen molar-refractivity contribution in [3.63, 3.8) is 0 Å². The average molecular weight is 524 g/mol. The van der Waals surface area contributed by atoms with Crippen molar-refractivity contribution in [2.24, 2.45) is 5.41 Å². The van der Waals surface area contributed by atoms with Crippen LogP contribution < -0.4 is 9.47 Å². The fraction of sp³-hybridized carbons (Fsp3) is 0.419. The Hall–Kier alpha value is -3.48. The van der Waals surface area contributed by atoms with E-state index >= 15 is 4.39 Å². The highest BCUT2D eigenvalue weighted by atomic mass is 19.1. The molecule has 4 rings (SSSR count). The van der Waals surface area contributed by atoms with E-state index in [1.165, 1.54) is 13.3 Å². The molecule has 0 saturated heterocycles. The lowest BCUT2D eigenvalue weighted by molar-refractivity contribution is -0.137. The quantitative estimate of drug-likeness (QED) is 0.293. The van der Waals surface area contributed by atoms with Crippen LogP contribution in [0.2, 0.25) is 0 Å². The minimum absolute atomic E-state index is 0.0432. The molecule has 2 aromatic carbocycles. The van der Waals surface area contributed by atoms with Gasteiger partial charge >= 0.3 is 5.97 Å². The first kappa shape index (κ1) is 27.6. The lowest BCUT2D eigenvalue weighted by Gasteiger charge is -2.30. The van der Waals surface area contributed by atoms with E-state index in [0.29, 0.717) is 23.4 Å². The van der Waals surface area contributed by atoms with Gasteiger partial charge in [0, 0.05) is 11.6 Å². The van der Waals surface area contributed by atoms with E-state index in [-0.39, 0.29) is 30.1 Å². The summed E-state index contributed by atoms with van der Waals surface area (Å²) >= 11 is 0. The van der Waals surface area contributed by atoms with E-state index in [4.69, 9.17) is 9.47 Å². The molecule has 38 heavy (non-hydrogen) atoms. The molecule has 7 heteroatoms. The molecule has 1 heterocycles. The number of hydrogen-bond donors (Lipinski definition) is 1. The molecule has 1 saturated carbocycles. The summed E-state index contributed by atoms with van der Waals surface area (Å²) in [6.07, 6.45) is 4.70. The van der Waals surface area contributed by atoms with Crippen molar-refractivity contribution >= 4 is 5.97 Å². The zero-order chi connectivity index (χ0) is 27.4. The first-order valence-electron chi connectivity index (χ1n) is 13.1. The van der Waals surface area contributed by atoms with Gasteiger partial charge in [-0.15, -0.1) is 0 Å². The minimum atomic E-state index is -0.965. The van der Waals surface area contributed by atoms with E-state index in [2.05, 4.69) is 18.8 Å². The number of carboxylic acid groups (broad SMARTS) is 1. The monoisotopic (exact) mass is 523 g/mol. The first-order valence-corrected chi connectivity index (χ1v) is 13.1. The first-order chi connectivity index (χ1) is 18.1. The van der Waals surface area contributed by atoms with Crippen molar-refractivity contribution in [2.75, 3.05) is 7.11 Å². The highest BCUT2D eigenvalue weighted by Gasteiger charge is 2.37. The maximum Gasteiger partial charge on any atom is 0.303 e. The van der Waals surface area contributed by atoms with Crippen LogP contribution in [0.1, 0.15) is 81.4 Å². The number of methoxy groups -OCH3 is 1. The summed E-state index contributed by atoms with van der Waals surface area (Å²) < 4.78 is 41.4. The fourth-order valence-corrected chi connectivity index (χ4v) is 5.68. The van der Waals surface area contributed by atoms with Gasteiger partial charge in [-0.1, -0.05) is 57.5 Å². The third kappa shape index (κ3) is 5.82. The van der Waals surface area contributed by atoms with Crippen molar-refractivity contribution in [3.05, 3.63) is 77.0 Å². The molecule has 0 spiro atoms. The number of aliphatic carboxylic acids is 1. The van der Waals surface area contributed by atoms with Crippen molar-refractivity contribution in [2.45, 2.75) is 71.3 Å². The standard InChI is InChI=1S/C31H35F2NO4/c1-5-20(15-29(35)36)21-8-6-10-27(30(21)33)38-18-19-11-12-22(24-16-28(37-4)34-17-26(24)32)23(14-19)25-9-7-13-31(25,2)3/h6,8,10-12,14,16-17,20,25H,5,7,9,13,15,18H2,1-4H3,(H,35,36)/t20-,25+/m1/s1. The maximum atomic E-state index is 15.3. The maximum absolute atomic E-state index is 15.3. The molecule has 1 N–H and O–H groups in total. The summed E-state index contributed by atoms with van der Waals surface area (Å²) in [5.74, 6) is -1.69. The largest absolute Gasteiger partial charge is 0.486 e. The van der Waals surface area contributed by atoms with Crippen LogP contribution in [-0.4, -0.2) is 23.2 Å². The molecule has 5 nitrogen and oxygen atoms in total. The van der Waals surface area contributed by atoms with Crippen LogP contribution in [0.4, 0.5) is 8.78 Å². The molecule has 0 unspecified atom stereocenters. The second-order valence-electron chi connectivity index (χ2n) is 10.7. The highest BCUT2D eigenvalue weighted by molar-refractivity contribution is 5.70. The second-order valence-corrected chi connectivity index (χ2v) is 10.7. The molecule has 0 amide bonds. The number of halogens is 2. The van der Waals surface area contributed by atoms with E-state index in [0.717, 1.165) is 36.0 Å². The van der Waals surface area contributed by atoms with Gasteiger partial charge in [0.2, 0.25) is 5.88 Å². The number of nitrogens with zero attached hydrogens (tertiary/aromatic N) is 1. The molecule has 3 aromatic rings. The van der Waals surface area contributed by atoms with E-state index in [9.17, 15) is 14.3 Å². The van der Waals surface area contributed by atoms with Crippen LogP contribution >= 0.6 is 0 Å². The summed E-state index contributed by atoms with van der Waals surface area (Å²) in [7, 11) is 1.50. The Bertz CT molecular complexity index is 1310. The topological polar surface area (TPSA) is 68.7 Å². The summed E-state index contributed by atoms with van der Waals surface area (Å²) in [4.78, 5) is 15.2. The van der Waals surface area contributed by atoms with Gasteiger partial charge < -0.3 is 14.6 Å². The van der Waals surface area contributed by atoms with E-state index < -0.39 is 23.5 Å². The summed E-state index contributed by atoms with van der Waals surface area (Å²) in [6.45, 7) is 6.45. The number of carbonyl (C=O) groups is 1. The van der Waals surface area contributed by atoms with Gasteiger partial charge in [0.15, 0.2) is 11.6 Å². The van der Waals surface area contributed by atoms with Crippen molar-refractivity contribution in [3.8, 4) is 22.8 Å². The van der Waals surface area contributed by atoms with Gasteiger partial charge in [-0.2, -0.15) is 0 Å². The normalized spacial score (nSPS) is 17.3. The number of benzene rings is 2. The molecule has 1 aliphatic rings. The van der Waals surface area contributed by atoms with Gasteiger partial charge in [0.1, 0.15) is 12.4 Å². The predicted octanol–water partition coefficient (Wildman–Crippen LogP) is 7.88. The van der Waals surface area contributed by atoms with Crippen molar-refractivity contribution in [1.29, 1.82) is 0 Å². The van der Waals surface area contributed by atoms with Gasteiger partial charge in [-0.3, -0.25) is 4.79 Å². The zero-order valence-electron chi connectivity index (χ0n) is 22.4. The summed E-state index contributed by atoms with van der Waals surface area (Å²) in [5, 5.41) is 9.20. The molecule has 1 fully saturated rings. The summed E-state index contributed by atoms with van der Waals surface area (Å²) in [6, 6.07) is 12.3. The number of carboxylic acids is 1. The minimum Gasteiger partial charge on any atom is -0.486 e. The summed E-state index contributed by atoms with van der Waals surface area (Å²) in [5.41, 5.74) is 3.49. The molecule has 0 bridgehead atoms. The van der Waals surface area contributed by atoms with Crippen LogP contribution in [-0.2, 0) is 11.4 Å². The number of hydrogen-bond acceptors (Lipinski definition) is 4. The van der Waals surface area contributed by atoms with E-state index in [1.807, 2.05) is 25.1 Å². The highest BCUT2D eigenvalue weighted by Crippen LogP contribution is 2.51. The molecular formula is C31H35F2NO4. The van der Waals surface area contributed by atoms with Crippen molar-refractivity contribution < 1.29 is 28.2 Å². The van der Waals surface area contributed by atoms with Gasteiger partial charge in [-0.25, -0.2) is 13.8 Å². The average Bonchev–Trinajstić information content (AvgIpc) is 3.25. The Morgan fingerprint density at radius 3 is 2.63 bits per heavy atom. The zero-order valence-corrected chi connectivity index (χ0v) is 22.4. The number of rotatable bonds is 10. The molecule has 2 atom stereocenters. The predicted molar refractivity (Wildman–Crippen MR) is 143 cm³/mol. The molecule has 1 aliphatic carbocycles.